The Morgan fingerprint density at radius 3 is 2.40 bits per heavy atom. The number of aliphatic hydroxyl groups excluding tert-OH is 1. The maximum Gasteiger partial charge on any atom is 0.109 e. The Morgan fingerprint density at radius 2 is 2.10 bits per heavy atom. The molecular weight excluding hydrogens is 147 g/mol. The molecule has 0 rings (SSSR count). The van der Waals surface area contributed by atoms with E-state index < -0.39 is 7.14 Å². The van der Waals surface area contributed by atoms with Crippen LogP contribution in [0.25, 0.3) is 0 Å². The van der Waals surface area contributed by atoms with Crippen LogP contribution in [-0.2, 0) is 4.57 Å². The van der Waals surface area contributed by atoms with Crippen molar-refractivity contribution >= 4 is 7.14 Å². The van der Waals surface area contributed by atoms with Crippen LogP contribution in [0.4, 0.5) is 0 Å². The Kier molecular flexibility index (Phi) is 4.23. The van der Waals surface area contributed by atoms with Crippen LogP contribution in [0.2, 0.25) is 0 Å². The summed E-state index contributed by atoms with van der Waals surface area (Å²) in [6, 6.07) is 0. The Bertz CT molecular complexity index is 134. The number of hydrogen-bond acceptors (Lipinski definition) is 2. The van der Waals surface area contributed by atoms with E-state index >= 15 is 0 Å². The SMILES string of the molecule is CC[C@H](C)C[P@](C)(=O)CO. The van der Waals surface area contributed by atoms with Crippen molar-refractivity contribution in [3.63, 3.8) is 0 Å². The van der Waals surface area contributed by atoms with Crippen molar-refractivity contribution in [1.29, 1.82) is 0 Å². The van der Waals surface area contributed by atoms with Crippen molar-refractivity contribution in [3.8, 4) is 0 Å². The molecule has 0 aliphatic rings. The summed E-state index contributed by atoms with van der Waals surface area (Å²) < 4.78 is 11.3. The van der Waals surface area contributed by atoms with Gasteiger partial charge < -0.3 is 9.67 Å². The van der Waals surface area contributed by atoms with Gasteiger partial charge in [0.1, 0.15) is 7.14 Å². The summed E-state index contributed by atoms with van der Waals surface area (Å²) in [7, 11) is -2.19. The van der Waals surface area contributed by atoms with Gasteiger partial charge >= 0.3 is 0 Å². The zero-order chi connectivity index (χ0) is 8.20. The van der Waals surface area contributed by atoms with Gasteiger partial charge in [-0.05, 0) is 12.6 Å². The van der Waals surface area contributed by atoms with Gasteiger partial charge in [0, 0.05) is 6.16 Å². The molecule has 0 aromatic heterocycles. The van der Waals surface area contributed by atoms with E-state index in [1.165, 1.54) is 0 Å². The highest BCUT2D eigenvalue weighted by atomic mass is 31.2. The number of hydrogen-bond donors (Lipinski definition) is 1. The smallest absolute Gasteiger partial charge is 0.109 e. The summed E-state index contributed by atoms with van der Waals surface area (Å²) in [5.74, 6) is 0.475. The van der Waals surface area contributed by atoms with Gasteiger partial charge in [-0.25, -0.2) is 0 Å². The molecule has 0 unspecified atom stereocenters. The Morgan fingerprint density at radius 1 is 1.60 bits per heavy atom. The van der Waals surface area contributed by atoms with Crippen LogP contribution < -0.4 is 0 Å². The van der Waals surface area contributed by atoms with Gasteiger partial charge in [0.05, 0.1) is 6.35 Å². The monoisotopic (exact) mass is 164 g/mol. The first kappa shape index (κ1) is 10.2. The molecule has 2 nitrogen and oxygen atoms in total. The van der Waals surface area contributed by atoms with E-state index in [1.807, 2.05) is 0 Å². The van der Waals surface area contributed by atoms with Crippen molar-refractivity contribution in [3.05, 3.63) is 0 Å². The lowest BCUT2D eigenvalue weighted by molar-refractivity contribution is 0.357. The molecule has 2 atom stereocenters. The van der Waals surface area contributed by atoms with Crippen LogP contribution in [0.15, 0.2) is 0 Å². The molecule has 0 saturated heterocycles. The molecule has 0 spiro atoms. The van der Waals surface area contributed by atoms with E-state index in [0.29, 0.717) is 12.1 Å². The Balaban J connectivity index is 3.77. The third kappa shape index (κ3) is 4.08. The molecule has 0 aromatic carbocycles. The first-order valence-corrected chi connectivity index (χ1v) is 6.20. The highest BCUT2D eigenvalue weighted by Crippen LogP contribution is 2.41. The zero-order valence-corrected chi connectivity index (χ0v) is 7.90. The topological polar surface area (TPSA) is 37.3 Å². The summed E-state index contributed by atoms with van der Waals surface area (Å²) >= 11 is 0. The van der Waals surface area contributed by atoms with Crippen LogP contribution in [-0.4, -0.2) is 24.3 Å². The number of aliphatic hydroxyl groups is 1. The Labute approximate surface area is 63.0 Å². The van der Waals surface area contributed by atoms with Crippen LogP contribution in [0.3, 0.4) is 0 Å². The Hall–Kier alpha value is 0.190. The predicted octanol–water partition coefficient (Wildman–Crippen LogP) is 1.98. The van der Waals surface area contributed by atoms with E-state index in [9.17, 15) is 4.57 Å². The zero-order valence-electron chi connectivity index (χ0n) is 7.00. The van der Waals surface area contributed by atoms with Gasteiger partial charge in [-0.1, -0.05) is 20.3 Å². The van der Waals surface area contributed by atoms with Crippen LogP contribution in [0, 0.1) is 5.92 Å². The molecule has 0 aliphatic heterocycles. The molecular formula is C7H17O2P. The molecule has 0 aromatic rings. The minimum absolute atomic E-state index is 0.142. The second kappa shape index (κ2) is 4.15. The lowest BCUT2D eigenvalue weighted by Crippen LogP contribution is -2.02. The number of rotatable bonds is 4. The van der Waals surface area contributed by atoms with Crippen molar-refractivity contribution in [2.45, 2.75) is 20.3 Å². The predicted molar refractivity (Wildman–Crippen MR) is 44.9 cm³/mol. The summed E-state index contributed by atoms with van der Waals surface area (Å²) in [5.41, 5.74) is 0. The van der Waals surface area contributed by atoms with Crippen LogP contribution >= 0.6 is 7.14 Å². The van der Waals surface area contributed by atoms with Gasteiger partial charge in [-0.3, -0.25) is 0 Å². The average molecular weight is 164 g/mol. The van der Waals surface area contributed by atoms with Crippen LogP contribution in [0.5, 0.6) is 0 Å². The first-order valence-electron chi connectivity index (χ1n) is 3.68. The lowest BCUT2D eigenvalue weighted by atomic mass is 10.2. The molecule has 0 fully saturated rings. The largest absolute Gasteiger partial charge is 0.389 e. The van der Waals surface area contributed by atoms with Crippen molar-refractivity contribution in [2.24, 2.45) is 5.92 Å². The van der Waals surface area contributed by atoms with Gasteiger partial charge in [0.15, 0.2) is 0 Å². The van der Waals surface area contributed by atoms with Crippen LogP contribution in [0.1, 0.15) is 20.3 Å². The summed E-state index contributed by atoms with van der Waals surface area (Å²) in [6.45, 7) is 5.80. The molecule has 62 valence electrons. The van der Waals surface area contributed by atoms with Gasteiger partial charge in [0.2, 0.25) is 0 Å². The highest BCUT2D eigenvalue weighted by Gasteiger charge is 2.16. The molecule has 0 radical (unpaired) electrons. The third-order valence-corrected chi connectivity index (χ3v) is 3.69. The molecule has 3 heteroatoms. The lowest BCUT2D eigenvalue weighted by Gasteiger charge is -2.13. The molecule has 1 N–H and O–H groups in total. The summed E-state index contributed by atoms with van der Waals surface area (Å²) in [4.78, 5) is 0. The maximum atomic E-state index is 11.3. The van der Waals surface area contributed by atoms with E-state index in [0.717, 1.165) is 6.42 Å². The average Bonchev–Trinajstić information content (AvgIpc) is 1.87. The fraction of sp³-hybridized carbons (Fsp3) is 1.00. The van der Waals surface area contributed by atoms with Gasteiger partial charge in [-0.2, -0.15) is 0 Å². The highest BCUT2D eigenvalue weighted by molar-refractivity contribution is 7.62. The van der Waals surface area contributed by atoms with Crippen molar-refractivity contribution in [2.75, 3.05) is 19.2 Å². The molecule has 10 heavy (non-hydrogen) atoms. The standard InChI is InChI=1S/C7H17O2P/c1-4-7(2)5-10(3,9)6-8/h7-8H,4-6H2,1-3H3/t7-,10-/m0/s1. The summed E-state index contributed by atoms with van der Waals surface area (Å²) in [5, 5.41) is 8.68. The quantitative estimate of drug-likeness (QED) is 0.645. The minimum atomic E-state index is -2.19. The fourth-order valence-electron chi connectivity index (χ4n) is 0.846. The fourth-order valence-corrected chi connectivity index (χ4v) is 2.54. The minimum Gasteiger partial charge on any atom is -0.389 e. The molecule has 0 aliphatic carbocycles. The van der Waals surface area contributed by atoms with E-state index in [2.05, 4.69) is 13.8 Å². The van der Waals surface area contributed by atoms with Crippen molar-refractivity contribution < 1.29 is 9.67 Å². The first-order chi connectivity index (χ1) is 4.52. The molecule has 0 saturated carbocycles. The van der Waals surface area contributed by atoms with Gasteiger partial charge in [-0.15, -0.1) is 0 Å². The molecule has 0 heterocycles. The van der Waals surface area contributed by atoms with E-state index in [1.54, 1.807) is 6.66 Å². The van der Waals surface area contributed by atoms with E-state index in [-0.39, 0.29) is 6.35 Å². The second-order valence-corrected chi connectivity index (χ2v) is 6.38. The van der Waals surface area contributed by atoms with E-state index in [4.69, 9.17) is 5.11 Å². The van der Waals surface area contributed by atoms with Gasteiger partial charge in [0.25, 0.3) is 0 Å². The maximum absolute atomic E-state index is 11.3. The normalized spacial score (nSPS) is 20.0. The molecule has 0 bridgehead atoms. The summed E-state index contributed by atoms with van der Waals surface area (Å²) in [6.07, 6.45) is 1.58. The third-order valence-electron chi connectivity index (χ3n) is 1.69. The van der Waals surface area contributed by atoms with Crippen molar-refractivity contribution in [1.82, 2.24) is 0 Å². The second-order valence-electron chi connectivity index (χ2n) is 3.13. The molecule has 0 amide bonds.